The van der Waals surface area contributed by atoms with Crippen molar-refractivity contribution in [2.75, 3.05) is 32.2 Å². The Balaban J connectivity index is 1.75. The lowest BCUT2D eigenvalue weighted by Crippen LogP contribution is -2.35. The lowest BCUT2D eigenvalue weighted by atomic mass is 10.2. The summed E-state index contributed by atoms with van der Waals surface area (Å²) in [7, 11) is 1.56. The first-order valence-corrected chi connectivity index (χ1v) is 9.12. The van der Waals surface area contributed by atoms with Gasteiger partial charge in [0.1, 0.15) is 11.5 Å². The zero-order chi connectivity index (χ0) is 21.1. The van der Waals surface area contributed by atoms with Crippen molar-refractivity contribution in [2.24, 2.45) is 0 Å². The normalized spacial score (nSPS) is 10.0. The van der Waals surface area contributed by atoms with E-state index in [1.165, 1.54) is 6.07 Å². The van der Waals surface area contributed by atoms with Gasteiger partial charge in [0.25, 0.3) is 5.91 Å². The number of carbonyl (C=O) groups is 3. The van der Waals surface area contributed by atoms with Gasteiger partial charge in [-0.25, -0.2) is 4.79 Å². The van der Waals surface area contributed by atoms with Crippen LogP contribution in [0.1, 0.15) is 23.7 Å². The highest BCUT2D eigenvalue weighted by Crippen LogP contribution is 2.16. The summed E-state index contributed by atoms with van der Waals surface area (Å²) in [6.07, 6.45) is 0.726. The Labute approximate surface area is 169 Å². The molecule has 0 aromatic heterocycles. The minimum absolute atomic E-state index is 0.224. The predicted octanol–water partition coefficient (Wildman–Crippen LogP) is 2.40. The van der Waals surface area contributed by atoms with Crippen LogP contribution in [0, 0.1) is 0 Å². The van der Waals surface area contributed by atoms with Gasteiger partial charge in [-0.3, -0.25) is 9.59 Å². The molecule has 2 aromatic carbocycles. The highest BCUT2D eigenvalue weighted by Gasteiger charge is 2.10. The summed E-state index contributed by atoms with van der Waals surface area (Å²) < 4.78 is 15.4. The predicted molar refractivity (Wildman–Crippen MR) is 107 cm³/mol. The SMILES string of the molecule is CCCOC(=O)c1cccc(NC(=O)CNC(=O)COc2ccc(OC)cc2)c1. The molecule has 0 fully saturated rings. The Morgan fingerprint density at radius 2 is 1.69 bits per heavy atom. The minimum atomic E-state index is -0.452. The summed E-state index contributed by atoms with van der Waals surface area (Å²) in [5, 5.41) is 5.09. The number of methoxy groups -OCH3 is 1. The van der Waals surface area contributed by atoms with E-state index in [9.17, 15) is 14.4 Å². The topological polar surface area (TPSA) is 103 Å². The van der Waals surface area contributed by atoms with Crippen LogP contribution in [0.3, 0.4) is 0 Å². The molecule has 154 valence electrons. The Hall–Kier alpha value is -3.55. The number of esters is 1. The fraction of sp³-hybridized carbons (Fsp3) is 0.286. The van der Waals surface area contributed by atoms with Crippen LogP contribution in [0.2, 0.25) is 0 Å². The van der Waals surface area contributed by atoms with Crippen LogP contribution in [-0.4, -0.2) is 44.7 Å². The molecule has 0 aliphatic rings. The van der Waals surface area contributed by atoms with Gasteiger partial charge in [-0.2, -0.15) is 0 Å². The molecule has 2 N–H and O–H groups in total. The molecule has 0 aliphatic carbocycles. The lowest BCUT2D eigenvalue weighted by molar-refractivity contribution is -0.125. The van der Waals surface area contributed by atoms with Gasteiger partial charge in [0.05, 0.1) is 25.8 Å². The van der Waals surface area contributed by atoms with E-state index in [0.29, 0.717) is 29.4 Å². The number of rotatable bonds is 10. The van der Waals surface area contributed by atoms with Gasteiger partial charge in [0, 0.05) is 5.69 Å². The molecule has 29 heavy (non-hydrogen) atoms. The van der Waals surface area contributed by atoms with Gasteiger partial charge in [0.2, 0.25) is 5.91 Å². The van der Waals surface area contributed by atoms with Crippen LogP contribution in [-0.2, 0) is 14.3 Å². The van der Waals surface area contributed by atoms with Gasteiger partial charge in [0.15, 0.2) is 6.61 Å². The molecule has 0 aliphatic heterocycles. The maximum absolute atomic E-state index is 12.0. The smallest absolute Gasteiger partial charge is 0.338 e. The highest BCUT2D eigenvalue weighted by molar-refractivity contribution is 5.96. The first-order chi connectivity index (χ1) is 14.0. The average molecular weight is 400 g/mol. The molecule has 2 aromatic rings. The summed E-state index contributed by atoms with van der Waals surface area (Å²) in [5.74, 6) is -0.125. The molecule has 0 heterocycles. The van der Waals surface area contributed by atoms with Gasteiger partial charge >= 0.3 is 5.97 Å². The lowest BCUT2D eigenvalue weighted by Gasteiger charge is -2.09. The van der Waals surface area contributed by atoms with Crippen molar-refractivity contribution >= 4 is 23.5 Å². The molecule has 0 saturated carbocycles. The number of benzene rings is 2. The van der Waals surface area contributed by atoms with Gasteiger partial charge < -0.3 is 24.8 Å². The zero-order valence-corrected chi connectivity index (χ0v) is 16.4. The molecular formula is C21H24N2O6. The number of amides is 2. The number of carbonyl (C=O) groups excluding carboxylic acids is 3. The van der Waals surface area contributed by atoms with E-state index < -0.39 is 17.8 Å². The molecular weight excluding hydrogens is 376 g/mol. The highest BCUT2D eigenvalue weighted by atomic mass is 16.5. The Kier molecular flexibility index (Phi) is 8.50. The Bertz CT molecular complexity index is 835. The summed E-state index contributed by atoms with van der Waals surface area (Å²) in [6.45, 7) is 1.79. The molecule has 0 atom stereocenters. The summed E-state index contributed by atoms with van der Waals surface area (Å²) in [6, 6.07) is 13.2. The van der Waals surface area contributed by atoms with E-state index in [4.69, 9.17) is 14.2 Å². The number of hydrogen-bond donors (Lipinski definition) is 2. The first kappa shape index (κ1) is 21.7. The fourth-order valence-corrected chi connectivity index (χ4v) is 2.26. The summed E-state index contributed by atoms with van der Waals surface area (Å²) >= 11 is 0. The van der Waals surface area contributed by atoms with Crippen LogP contribution >= 0.6 is 0 Å². The second-order valence-electron chi connectivity index (χ2n) is 6.01. The summed E-state index contributed by atoms with van der Waals surface area (Å²) in [4.78, 5) is 35.7. The van der Waals surface area contributed by atoms with Crippen molar-refractivity contribution in [1.29, 1.82) is 0 Å². The maximum atomic E-state index is 12.0. The fourth-order valence-electron chi connectivity index (χ4n) is 2.26. The molecule has 0 saturated heterocycles. The zero-order valence-electron chi connectivity index (χ0n) is 16.4. The van der Waals surface area contributed by atoms with Crippen LogP contribution in [0.15, 0.2) is 48.5 Å². The van der Waals surface area contributed by atoms with E-state index in [1.54, 1.807) is 49.6 Å². The molecule has 2 amide bonds. The van der Waals surface area contributed by atoms with E-state index in [-0.39, 0.29) is 13.2 Å². The standard InChI is InChI=1S/C21H24N2O6/c1-3-11-28-21(26)15-5-4-6-16(12-15)23-19(24)13-22-20(25)14-29-18-9-7-17(27-2)8-10-18/h4-10,12H,3,11,13-14H2,1-2H3,(H,22,25)(H,23,24). The van der Waals surface area contributed by atoms with E-state index in [2.05, 4.69) is 10.6 Å². The van der Waals surface area contributed by atoms with Crippen LogP contribution in [0.25, 0.3) is 0 Å². The van der Waals surface area contributed by atoms with Gasteiger partial charge in [-0.05, 0) is 48.9 Å². The minimum Gasteiger partial charge on any atom is -0.497 e. The van der Waals surface area contributed by atoms with Crippen LogP contribution in [0.5, 0.6) is 11.5 Å². The number of hydrogen-bond acceptors (Lipinski definition) is 6. The van der Waals surface area contributed by atoms with Crippen molar-refractivity contribution in [3.63, 3.8) is 0 Å². The Morgan fingerprint density at radius 3 is 2.38 bits per heavy atom. The van der Waals surface area contributed by atoms with Gasteiger partial charge in [-0.15, -0.1) is 0 Å². The first-order valence-electron chi connectivity index (χ1n) is 9.12. The molecule has 2 rings (SSSR count). The maximum Gasteiger partial charge on any atom is 0.338 e. The quantitative estimate of drug-likeness (QED) is 0.594. The largest absolute Gasteiger partial charge is 0.497 e. The number of ether oxygens (including phenoxy) is 3. The van der Waals surface area contributed by atoms with E-state index in [0.717, 1.165) is 6.42 Å². The van der Waals surface area contributed by atoms with Crippen molar-refractivity contribution in [1.82, 2.24) is 5.32 Å². The average Bonchev–Trinajstić information content (AvgIpc) is 2.75. The van der Waals surface area contributed by atoms with E-state index >= 15 is 0 Å². The summed E-state index contributed by atoms with van der Waals surface area (Å²) in [5.41, 5.74) is 0.776. The van der Waals surface area contributed by atoms with Crippen molar-refractivity contribution in [3.05, 3.63) is 54.1 Å². The molecule has 8 nitrogen and oxygen atoms in total. The molecule has 0 unspecified atom stereocenters. The Morgan fingerprint density at radius 1 is 0.966 bits per heavy atom. The number of anilines is 1. The number of nitrogens with one attached hydrogen (secondary N) is 2. The second-order valence-corrected chi connectivity index (χ2v) is 6.01. The third-order valence-corrected chi connectivity index (χ3v) is 3.69. The van der Waals surface area contributed by atoms with Crippen molar-refractivity contribution in [2.45, 2.75) is 13.3 Å². The molecule has 8 heteroatoms. The van der Waals surface area contributed by atoms with Crippen LogP contribution < -0.4 is 20.1 Å². The second kappa shape index (κ2) is 11.3. The third kappa shape index (κ3) is 7.53. The van der Waals surface area contributed by atoms with E-state index in [1.807, 2.05) is 6.92 Å². The third-order valence-electron chi connectivity index (χ3n) is 3.69. The molecule has 0 radical (unpaired) electrons. The van der Waals surface area contributed by atoms with Gasteiger partial charge in [-0.1, -0.05) is 13.0 Å². The molecule has 0 bridgehead atoms. The van der Waals surface area contributed by atoms with Crippen molar-refractivity contribution in [3.8, 4) is 11.5 Å². The van der Waals surface area contributed by atoms with Crippen LogP contribution in [0.4, 0.5) is 5.69 Å². The molecule has 0 spiro atoms. The van der Waals surface area contributed by atoms with Crippen molar-refractivity contribution < 1.29 is 28.6 Å². The monoisotopic (exact) mass is 400 g/mol.